The van der Waals surface area contributed by atoms with E-state index in [0.717, 1.165) is 16.4 Å². The predicted molar refractivity (Wildman–Crippen MR) is 113 cm³/mol. The van der Waals surface area contributed by atoms with Crippen molar-refractivity contribution < 1.29 is 9.72 Å². The molecule has 8 heteroatoms. The molecule has 1 unspecified atom stereocenters. The molecule has 0 radical (unpaired) electrons. The lowest BCUT2D eigenvalue weighted by atomic mass is 10.1. The number of amides is 1. The van der Waals surface area contributed by atoms with E-state index in [4.69, 9.17) is 0 Å². The van der Waals surface area contributed by atoms with E-state index in [1.807, 2.05) is 22.9 Å². The van der Waals surface area contributed by atoms with Crippen LogP contribution in [0.3, 0.4) is 0 Å². The smallest absolute Gasteiger partial charge is 0.269 e. The minimum atomic E-state index is -0.443. The topological polar surface area (TPSA) is 90.1 Å². The Morgan fingerprint density at radius 2 is 2.03 bits per heavy atom. The SMILES string of the molecule is Cc1cccc(-n2ccnc2SCC(=O)NC(C)c2cccc([N+](=O)[O-])c2)c1C. The second-order valence-electron chi connectivity index (χ2n) is 6.73. The van der Waals surface area contributed by atoms with Gasteiger partial charge in [-0.25, -0.2) is 4.98 Å². The van der Waals surface area contributed by atoms with Crippen LogP contribution in [0.2, 0.25) is 0 Å². The predicted octanol–water partition coefficient (Wildman–Crippen LogP) is 4.37. The van der Waals surface area contributed by atoms with Crippen molar-refractivity contribution in [3.05, 3.63) is 81.7 Å². The van der Waals surface area contributed by atoms with Gasteiger partial charge in [0.25, 0.3) is 5.69 Å². The zero-order valence-corrected chi connectivity index (χ0v) is 17.3. The van der Waals surface area contributed by atoms with Gasteiger partial charge in [0.2, 0.25) is 5.91 Å². The van der Waals surface area contributed by atoms with Crippen LogP contribution in [0.5, 0.6) is 0 Å². The average molecular weight is 410 g/mol. The molecular weight excluding hydrogens is 388 g/mol. The van der Waals surface area contributed by atoms with Crippen LogP contribution in [0.1, 0.15) is 29.7 Å². The molecule has 150 valence electrons. The number of hydrogen-bond acceptors (Lipinski definition) is 5. The lowest BCUT2D eigenvalue weighted by Crippen LogP contribution is -2.28. The first-order valence-corrected chi connectivity index (χ1v) is 10.1. The highest BCUT2D eigenvalue weighted by atomic mass is 32.2. The third-order valence-corrected chi connectivity index (χ3v) is 5.70. The summed E-state index contributed by atoms with van der Waals surface area (Å²) in [4.78, 5) is 27.3. The van der Waals surface area contributed by atoms with E-state index < -0.39 is 4.92 Å². The monoisotopic (exact) mass is 410 g/mol. The first-order valence-electron chi connectivity index (χ1n) is 9.13. The quantitative estimate of drug-likeness (QED) is 0.355. The van der Waals surface area contributed by atoms with Gasteiger partial charge in [0.1, 0.15) is 0 Å². The van der Waals surface area contributed by atoms with Crippen molar-refractivity contribution in [2.75, 3.05) is 5.75 Å². The number of thioether (sulfide) groups is 1. The molecule has 0 fully saturated rings. The molecular formula is C21H22N4O3S. The van der Waals surface area contributed by atoms with E-state index >= 15 is 0 Å². The molecule has 0 spiro atoms. The van der Waals surface area contributed by atoms with Crippen molar-refractivity contribution in [2.24, 2.45) is 0 Å². The van der Waals surface area contributed by atoms with E-state index in [9.17, 15) is 14.9 Å². The van der Waals surface area contributed by atoms with Gasteiger partial charge in [-0.15, -0.1) is 0 Å². The molecule has 3 aromatic rings. The van der Waals surface area contributed by atoms with Gasteiger partial charge in [0.05, 0.1) is 22.4 Å². The Balaban J connectivity index is 1.65. The number of carbonyl (C=O) groups is 1. The van der Waals surface area contributed by atoms with Gasteiger partial charge in [-0.05, 0) is 43.5 Å². The molecule has 1 N–H and O–H groups in total. The highest BCUT2D eigenvalue weighted by Gasteiger charge is 2.15. The molecule has 1 aromatic heterocycles. The average Bonchev–Trinajstić information content (AvgIpc) is 3.17. The van der Waals surface area contributed by atoms with Gasteiger partial charge in [0.15, 0.2) is 5.16 Å². The van der Waals surface area contributed by atoms with Crippen molar-refractivity contribution in [3.63, 3.8) is 0 Å². The van der Waals surface area contributed by atoms with Crippen LogP contribution < -0.4 is 5.32 Å². The summed E-state index contributed by atoms with van der Waals surface area (Å²) in [6.07, 6.45) is 3.60. The third kappa shape index (κ3) is 4.83. The molecule has 7 nitrogen and oxygen atoms in total. The zero-order chi connectivity index (χ0) is 21.0. The fourth-order valence-electron chi connectivity index (χ4n) is 2.98. The Kier molecular flexibility index (Phi) is 6.33. The Morgan fingerprint density at radius 1 is 1.28 bits per heavy atom. The number of nitrogens with one attached hydrogen (secondary N) is 1. The largest absolute Gasteiger partial charge is 0.349 e. The zero-order valence-electron chi connectivity index (χ0n) is 16.5. The van der Waals surface area contributed by atoms with E-state index in [0.29, 0.717) is 5.56 Å². The maximum Gasteiger partial charge on any atom is 0.269 e. The van der Waals surface area contributed by atoms with Crippen molar-refractivity contribution in [1.29, 1.82) is 0 Å². The molecule has 1 atom stereocenters. The molecule has 2 aromatic carbocycles. The molecule has 1 heterocycles. The Hall–Kier alpha value is -3.13. The van der Waals surface area contributed by atoms with Crippen molar-refractivity contribution in [1.82, 2.24) is 14.9 Å². The number of non-ortho nitro benzene ring substituents is 1. The molecule has 0 bridgehead atoms. The molecule has 1 amide bonds. The number of imidazole rings is 1. The second-order valence-corrected chi connectivity index (χ2v) is 7.67. The van der Waals surface area contributed by atoms with Crippen LogP contribution >= 0.6 is 11.8 Å². The Bertz CT molecular complexity index is 1050. The van der Waals surface area contributed by atoms with Gasteiger partial charge >= 0.3 is 0 Å². The third-order valence-electron chi connectivity index (χ3n) is 4.73. The van der Waals surface area contributed by atoms with Crippen LogP contribution in [0.15, 0.2) is 60.0 Å². The minimum Gasteiger partial charge on any atom is -0.349 e. The summed E-state index contributed by atoms with van der Waals surface area (Å²) in [5, 5.41) is 14.5. The summed E-state index contributed by atoms with van der Waals surface area (Å²) in [7, 11) is 0. The van der Waals surface area contributed by atoms with Gasteiger partial charge < -0.3 is 5.32 Å². The number of nitro groups is 1. The maximum absolute atomic E-state index is 12.4. The molecule has 0 saturated carbocycles. The standard InChI is InChI=1S/C21H22N4O3S/c1-14-6-4-9-19(15(14)2)24-11-10-22-21(24)29-13-20(26)23-16(3)17-7-5-8-18(12-17)25(27)28/h4-12,16H,13H2,1-3H3,(H,23,26). The van der Waals surface area contributed by atoms with Gasteiger partial charge in [-0.3, -0.25) is 19.5 Å². The van der Waals surface area contributed by atoms with E-state index in [1.54, 1.807) is 25.3 Å². The highest BCUT2D eigenvalue weighted by Crippen LogP contribution is 2.24. The van der Waals surface area contributed by atoms with Crippen molar-refractivity contribution >= 4 is 23.4 Å². The van der Waals surface area contributed by atoms with Gasteiger partial charge in [0, 0.05) is 24.5 Å². The van der Waals surface area contributed by atoms with Crippen LogP contribution in [0.4, 0.5) is 5.69 Å². The summed E-state index contributed by atoms with van der Waals surface area (Å²) in [5.41, 5.74) is 4.09. The molecule has 0 aliphatic heterocycles. The molecule has 3 rings (SSSR count). The first-order chi connectivity index (χ1) is 13.9. The second kappa shape index (κ2) is 8.91. The summed E-state index contributed by atoms with van der Waals surface area (Å²) < 4.78 is 1.98. The Morgan fingerprint density at radius 3 is 2.79 bits per heavy atom. The van der Waals surface area contributed by atoms with Gasteiger partial charge in [-0.1, -0.05) is 36.0 Å². The van der Waals surface area contributed by atoms with Crippen LogP contribution in [0, 0.1) is 24.0 Å². The minimum absolute atomic E-state index is 0.00789. The number of hydrogen-bond donors (Lipinski definition) is 1. The lowest BCUT2D eigenvalue weighted by molar-refractivity contribution is -0.384. The number of carbonyl (C=O) groups excluding carboxylic acids is 1. The normalized spacial score (nSPS) is 11.8. The molecule has 29 heavy (non-hydrogen) atoms. The highest BCUT2D eigenvalue weighted by molar-refractivity contribution is 7.99. The molecule has 0 aliphatic carbocycles. The van der Waals surface area contributed by atoms with Crippen LogP contribution in [-0.2, 0) is 4.79 Å². The van der Waals surface area contributed by atoms with E-state index in [1.165, 1.54) is 29.5 Å². The number of aryl methyl sites for hydroxylation is 1. The first kappa shape index (κ1) is 20.6. The molecule has 0 saturated heterocycles. The fourth-order valence-corrected chi connectivity index (χ4v) is 3.76. The van der Waals surface area contributed by atoms with Crippen LogP contribution in [-0.4, -0.2) is 26.1 Å². The summed E-state index contributed by atoms with van der Waals surface area (Å²) in [6.45, 7) is 5.93. The number of nitro benzene ring substituents is 1. The van der Waals surface area contributed by atoms with Crippen molar-refractivity contribution in [3.8, 4) is 5.69 Å². The number of rotatable bonds is 7. The summed E-state index contributed by atoms with van der Waals surface area (Å²) in [6, 6.07) is 12.0. The lowest BCUT2D eigenvalue weighted by Gasteiger charge is -2.15. The summed E-state index contributed by atoms with van der Waals surface area (Å²) >= 11 is 1.35. The number of nitrogens with zero attached hydrogens (tertiary/aromatic N) is 3. The van der Waals surface area contributed by atoms with Crippen molar-refractivity contribution in [2.45, 2.75) is 32.0 Å². The number of benzene rings is 2. The van der Waals surface area contributed by atoms with E-state index in [-0.39, 0.29) is 23.4 Å². The summed E-state index contributed by atoms with van der Waals surface area (Å²) in [5.74, 6) is 0.0331. The Labute approximate surface area is 173 Å². The van der Waals surface area contributed by atoms with Crippen LogP contribution in [0.25, 0.3) is 5.69 Å². The van der Waals surface area contributed by atoms with Gasteiger partial charge in [-0.2, -0.15) is 0 Å². The fraction of sp³-hybridized carbons (Fsp3) is 0.238. The maximum atomic E-state index is 12.4. The molecule has 0 aliphatic rings. The van der Waals surface area contributed by atoms with E-state index in [2.05, 4.69) is 30.2 Å². The number of aromatic nitrogens is 2.